The molecule has 0 saturated heterocycles. The van der Waals surface area contributed by atoms with Crippen molar-refractivity contribution in [3.8, 4) is 0 Å². The van der Waals surface area contributed by atoms with Gasteiger partial charge in [0.1, 0.15) is 0 Å². The Kier molecular flexibility index (Phi) is 20.1. The fraction of sp³-hybridized carbons (Fsp3) is 0.844. The molecule has 13 nitrogen and oxygen atoms in total. The Bertz CT molecular complexity index is 1490. The first-order chi connectivity index (χ1) is 26.7. The van der Waals surface area contributed by atoms with Gasteiger partial charge in [-0.3, -0.25) is 33.6 Å². The van der Waals surface area contributed by atoms with Gasteiger partial charge in [0, 0.05) is 28.6 Å². The fourth-order valence-electron chi connectivity index (χ4n) is 9.11. The summed E-state index contributed by atoms with van der Waals surface area (Å²) in [6.07, 6.45) is 5.12. The monoisotopic (exact) mass is 948 g/mol. The van der Waals surface area contributed by atoms with Crippen LogP contribution in [-0.4, -0.2) is 72.5 Å². The molecule has 6 atom stereocenters. The number of carbonyl (C=O) groups is 7. The molecule has 14 heteroatoms. The van der Waals surface area contributed by atoms with E-state index in [0.29, 0.717) is 32.1 Å². The molecule has 1 aliphatic rings. The van der Waals surface area contributed by atoms with Gasteiger partial charge in [0.15, 0.2) is 0 Å². The Morgan fingerprint density at radius 1 is 0.576 bits per heavy atom. The standard InChI is InChI=1S/C45H77IN2O11/c1-26(2)21-22-30(39(56)57)34(40(58)59)45(12,13)43(8,9)24-16-20-29(38(54)55)33(36(51)48-27-17-14-18-27)44(10,11)42(6,7)23-15-19-28(37(52)53)32(41(3,4)5)35(50)47-25-31(46)49/h26-30,32-34H,14-25H2,1-13H3,(H,47,50)(H,48,51)(H,52,53)(H,54,55)(H,56,57)(H,58,59). The maximum absolute atomic E-state index is 14.3. The van der Waals surface area contributed by atoms with Crippen LogP contribution in [0.3, 0.4) is 0 Å². The first-order valence-corrected chi connectivity index (χ1v) is 22.5. The van der Waals surface area contributed by atoms with Gasteiger partial charge in [-0.25, -0.2) is 0 Å². The van der Waals surface area contributed by atoms with Crippen molar-refractivity contribution in [3.63, 3.8) is 0 Å². The van der Waals surface area contributed by atoms with E-state index < -0.39 is 92.4 Å². The maximum Gasteiger partial charge on any atom is 0.307 e. The van der Waals surface area contributed by atoms with Gasteiger partial charge >= 0.3 is 23.9 Å². The van der Waals surface area contributed by atoms with Crippen molar-refractivity contribution in [2.24, 2.45) is 68.5 Å². The molecule has 1 rings (SSSR count). The molecule has 59 heavy (non-hydrogen) atoms. The molecule has 2 amide bonds. The van der Waals surface area contributed by atoms with Gasteiger partial charge < -0.3 is 31.1 Å². The predicted molar refractivity (Wildman–Crippen MR) is 236 cm³/mol. The zero-order valence-electron chi connectivity index (χ0n) is 38.1. The summed E-state index contributed by atoms with van der Waals surface area (Å²) in [5, 5.41) is 47.5. The molecule has 340 valence electrons. The number of aliphatic carboxylic acids is 4. The van der Waals surface area contributed by atoms with Crippen LogP contribution in [0.1, 0.15) is 161 Å². The minimum Gasteiger partial charge on any atom is -0.481 e. The summed E-state index contributed by atoms with van der Waals surface area (Å²) in [5.41, 5.74) is -4.11. The highest BCUT2D eigenvalue weighted by molar-refractivity contribution is 14.1. The SMILES string of the molecule is CC(C)CCC(C(=O)O)C(C(=O)O)C(C)(C)C(C)(C)CCCC(C(=O)O)C(C(=O)NC1CCC1)C(C)(C)C(C)(C)CCCC(C(=O)O)C(C(=O)NCC(=O)I)C(C)(C)C. The summed E-state index contributed by atoms with van der Waals surface area (Å²) in [4.78, 5) is 90.4. The first-order valence-electron chi connectivity index (χ1n) is 21.4. The number of amides is 2. The molecule has 0 spiro atoms. The molecular formula is C45H77IN2O11. The number of halogens is 1. The lowest BCUT2D eigenvalue weighted by Gasteiger charge is -2.49. The van der Waals surface area contributed by atoms with Crippen LogP contribution in [0.4, 0.5) is 0 Å². The summed E-state index contributed by atoms with van der Waals surface area (Å²) >= 11 is 1.57. The number of nitrogens with one attached hydrogen (secondary N) is 2. The van der Waals surface area contributed by atoms with Crippen LogP contribution in [0.15, 0.2) is 0 Å². The molecule has 6 N–H and O–H groups in total. The van der Waals surface area contributed by atoms with Crippen molar-refractivity contribution >= 4 is 62.1 Å². The van der Waals surface area contributed by atoms with Crippen LogP contribution in [-0.2, 0) is 33.6 Å². The zero-order chi connectivity index (χ0) is 46.1. The van der Waals surface area contributed by atoms with Gasteiger partial charge in [0.25, 0.3) is 0 Å². The van der Waals surface area contributed by atoms with Gasteiger partial charge in [-0.1, -0.05) is 109 Å². The minimum atomic E-state index is -1.20. The summed E-state index contributed by atoms with van der Waals surface area (Å²) < 4.78 is -0.282. The molecule has 0 aliphatic heterocycles. The Morgan fingerprint density at radius 3 is 1.32 bits per heavy atom. The largest absolute Gasteiger partial charge is 0.481 e. The Balaban J connectivity index is 3.49. The van der Waals surface area contributed by atoms with E-state index in [2.05, 4.69) is 10.6 Å². The molecule has 1 fully saturated rings. The van der Waals surface area contributed by atoms with Crippen molar-refractivity contribution < 1.29 is 54.0 Å². The number of hydrogen-bond donors (Lipinski definition) is 6. The molecular weight excluding hydrogens is 871 g/mol. The zero-order valence-corrected chi connectivity index (χ0v) is 40.3. The van der Waals surface area contributed by atoms with Gasteiger partial charge in [-0.05, 0) is 84.4 Å². The fourth-order valence-corrected chi connectivity index (χ4v) is 9.30. The van der Waals surface area contributed by atoms with Gasteiger partial charge in [-0.15, -0.1) is 0 Å². The Morgan fingerprint density at radius 2 is 0.983 bits per heavy atom. The molecule has 0 heterocycles. The summed E-state index contributed by atoms with van der Waals surface area (Å²) in [7, 11) is 0. The average molecular weight is 949 g/mol. The lowest BCUT2D eigenvalue weighted by molar-refractivity contribution is -0.164. The van der Waals surface area contributed by atoms with Crippen LogP contribution < -0.4 is 10.6 Å². The number of carboxylic acid groups (broad SMARTS) is 4. The highest BCUT2D eigenvalue weighted by atomic mass is 127. The maximum atomic E-state index is 14.3. The quantitative estimate of drug-likeness (QED) is 0.0337. The number of rotatable bonds is 27. The molecule has 1 saturated carbocycles. The van der Waals surface area contributed by atoms with E-state index in [1.807, 2.05) is 55.4 Å². The van der Waals surface area contributed by atoms with Gasteiger partial charge in [-0.2, -0.15) is 0 Å². The third-order valence-corrected chi connectivity index (χ3v) is 14.9. The highest BCUT2D eigenvalue weighted by Crippen LogP contribution is 2.54. The predicted octanol–water partition coefficient (Wildman–Crippen LogP) is 8.70. The first kappa shape index (κ1) is 54.2. The molecule has 1 aliphatic carbocycles. The van der Waals surface area contributed by atoms with E-state index in [9.17, 15) is 54.0 Å². The van der Waals surface area contributed by atoms with E-state index in [1.54, 1.807) is 57.2 Å². The summed E-state index contributed by atoms with van der Waals surface area (Å²) in [6, 6.07) is -0.0526. The second-order valence-electron chi connectivity index (χ2n) is 21.1. The normalized spacial score (nSPS) is 17.5. The molecule has 0 radical (unpaired) electrons. The van der Waals surface area contributed by atoms with E-state index >= 15 is 0 Å². The average Bonchev–Trinajstić information content (AvgIpc) is 3.04. The summed E-state index contributed by atoms with van der Waals surface area (Å²) in [5.74, 6) is -11.6. The van der Waals surface area contributed by atoms with E-state index in [1.165, 1.54) is 0 Å². The Labute approximate surface area is 366 Å². The third-order valence-electron chi connectivity index (χ3n) is 14.5. The van der Waals surface area contributed by atoms with Gasteiger partial charge in [0.2, 0.25) is 15.6 Å². The van der Waals surface area contributed by atoms with Crippen LogP contribution in [0, 0.1) is 68.5 Å². The molecule has 0 aromatic carbocycles. The number of carboxylic acids is 4. The van der Waals surface area contributed by atoms with Crippen molar-refractivity contribution in [1.29, 1.82) is 0 Å². The smallest absolute Gasteiger partial charge is 0.307 e. The summed E-state index contributed by atoms with van der Waals surface area (Å²) in [6.45, 7) is 24.1. The van der Waals surface area contributed by atoms with E-state index in [-0.39, 0.29) is 47.5 Å². The van der Waals surface area contributed by atoms with E-state index in [0.717, 1.165) is 19.3 Å². The van der Waals surface area contributed by atoms with Crippen LogP contribution in [0.2, 0.25) is 0 Å². The van der Waals surface area contributed by atoms with Crippen LogP contribution >= 0.6 is 22.6 Å². The van der Waals surface area contributed by atoms with Crippen LogP contribution in [0.25, 0.3) is 0 Å². The second-order valence-corrected chi connectivity index (χ2v) is 22.4. The lowest BCUT2D eigenvalue weighted by atomic mass is 9.54. The van der Waals surface area contributed by atoms with Crippen molar-refractivity contribution in [1.82, 2.24) is 10.6 Å². The molecule has 0 bridgehead atoms. The number of hydrogen-bond acceptors (Lipinski definition) is 7. The highest BCUT2D eigenvalue weighted by Gasteiger charge is 2.54. The van der Waals surface area contributed by atoms with Crippen molar-refractivity contribution in [3.05, 3.63) is 0 Å². The number of carbonyl (C=O) groups excluding carboxylic acids is 3. The molecule has 0 aromatic rings. The van der Waals surface area contributed by atoms with Gasteiger partial charge in [0.05, 0.1) is 42.1 Å². The van der Waals surface area contributed by atoms with Crippen molar-refractivity contribution in [2.75, 3.05) is 6.54 Å². The molecule has 0 aromatic heterocycles. The minimum absolute atomic E-state index is 0.0526. The van der Waals surface area contributed by atoms with Crippen molar-refractivity contribution in [2.45, 2.75) is 167 Å². The third kappa shape index (κ3) is 14.7. The second kappa shape index (κ2) is 21.8. The van der Waals surface area contributed by atoms with E-state index in [4.69, 9.17) is 0 Å². The van der Waals surface area contributed by atoms with Crippen LogP contribution in [0.5, 0.6) is 0 Å². The Hall–Kier alpha value is -2.78. The topological polar surface area (TPSA) is 224 Å². The molecule has 6 unspecified atom stereocenters. The lowest BCUT2D eigenvalue weighted by Crippen LogP contribution is -2.54.